The monoisotopic (exact) mass is 636 g/mol. The predicted molar refractivity (Wildman–Crippen MR) is 161 cm³/mol. The van der Waals surface area contributed by atoms with E-state index in [-0.39, 0.29) is 12.0 Å². The smallest absolute Gasteiger partial charge is 0.425 e. The molecule has 45 heavy (non-hydrogen) atoms. The number of carbonyl (C=O) groups excluding carboxylic acids is 1. The van der Waals surface area contributed by atoms with Crippen molar-refractivity contribution >= 4 is 17.5 Å². The van der Waals surface area contributed by atoms with Gasteiger partial charge < -0.3 is 24.1 Å². The Labute approximate surface area is 260 Å². The number of alkyl halides is 4. The van der Waals surface area contributed by atoms with Crippen molar-refractivity contribution in [1.29, 1.82) is 0 Å². The highest BCUT2D eigenvalue weighted by Gasteiger charge is 2.50. The summed E-state index contributed by atoms with van der Waals surface area (Å²) in [5.41, 5.74) is -2.15. The van der Waals surface area contributed by atoms with Crippen LogP contribution in [0.1, 0.15) is 66.9 Å². The summed E-state index contributed by atoms with van der Waals surface area (Å²) in [5.74, 6) is -2.37. The highest BCUT2D eigenvalue weighted by atomic mass is 19.4. The summed E-state index contributed by atoms with van der Waals surface area (Å²) < 4.78 is 78.2. The van der Waals surface area contributed by atoms with Gasteiger partial charge in [0.25, 0.3) is 0 Å². The van der Waals surface area contributed by atoms with E-state index in [2.05, 4.69) is 0 Å². The number of methoxy groups -OCH3 is 1. The second kappa shape index (κ2) is 17.1. The topological polar surface area (TPSA) is 91.3 Å². The van der Waals surface area contributed by atoms with Crippen LogP contribution in [0.5, 0.6) is 5.75 Å². The molecule has 0 fully saturated rings. The van der Waals surface area contributed by atoms with Gasteiger partial charge in [-0.3, -0.25) is 4.79 Å². The van der Waals surface area contributed by atoms with Gasteiger partial charge in [0, 0.05) is 26.9 Å². The summed E-state index contributed by atoms with van der Waals surface area (Å²) in [7, 11) is 1.63. The van der Waals surface area contributed by atoms with Gasteiger partial charge in [-0.05, 0) is 80.0 Å². The number of carboxylic acids is 1. The molecule has 0 bridgehead atoms. The van der Waals surface area contributed by atoms with Crippen molar-refractivity contribution in [1.82, 2.24) is 0 Å². The zero-order valence-electron chi connectivity index (χ0n) is 25.5. The fourth-order valence-electron chi connectivity index (χ4n) is 5.03. The van der Waals surface area contributed by atoms with Crippen molar-refractivity contribution in [3.05, 3.63) is 83.4 Å². The molecule has 0 amide bonds. The van der Waals surface area contributed by atoms with Crippen LogP contribution in [0.2, 0.25) is 0 Å². The number of halogens is 4. The van der Waals surface area contributed by atoms with Gasteiger partial charge in [-0.2, -0.15) is 13.2 Å². The van der Waals surface area contributed by atoms with Crippen molar-refractivity contribution < 1.29 is 51.2 Å². The van der Waals surface area contributed by atoms with E-state index in [4.69, 9.17) is 18.9 Å². The van der Waals surface area contributed by atoms with Gasteiger partial charge in [0.2, 0.25) is 0 Å². The third-order valence-corrected chi connectivity index (χ3v) is 7.51. The van der Waals surface area contributed by atoms with Crippen molar-refractivity contribution in [2.45, 2.75) is 69.3 Å². The number of hydrogen-bond donors (Lipinski definition) is 1. The van der Waals surface area contributed by atoms with Crippen molar-refractivity contribution in [3.8, 4) is 5.75 Å². The molecule has 0 saturated heterocycles. The summed E-state index contributed by atoms with van der Waals surface area (Å²) in [6.07, 6.45) is -3.41. The number of benzene rings is 2. The number of aliphatic carboxylic acids is 1. The number of hydrogen-bond acceptors (Lipinski definition) is 6. The Kier molecular flexibility index (Phi) is 13.6. The summed E-state index contributed by atoms with van der Waals surface area (Å²) in [6, 6.07) is 12.0. The Hall–Kier alpha value is -3.70. The average molecular weight is 637 g/mol. The lowest BCUT2D eigenvalue weighted by Gasteiger charge is -2.33. The number of carboxylic acid groups (broad SMARTS) is 1. The fourth-order valence-corrected chi connectivity index (χ4v) is 5.03. The third-order valence-electron chi connectivity index (χ3n) is 7.51. The fraction of sp³-hybridized carbons (Fsp3) is 0.471. The second-order valence-electron chi connectivity index (χ2n) is 10.6. The minimum Gasteiger partial charge on any atom is -0.494 e. The average Bonchev–Trinajstić information content (AvgIpc) is 3.01. The molecule has 0 saturated carbocycles. The van der Waals surface area contributed by atoms with Gasteiger partial charge in [-0.1, -0.05) is 48.9 Å². The molecular weight excluding hydrogens is 596 g/mol. The summed E-state index contributed by atoms with van der Waals surface area (Å²) in [6.45, 7) is 3.88. The predicted octanol–water partition coefficient (Wildman–Crippen LogP) is 7.49. The summed E-state index contributed by atoms with van der Waals surface area (Å²) in [4.78, 5) is 25.8. The molecule has 11 heteroatoms. The molecule has 0 aromatic heterocycles. The minimum atomic E-state index is -4.84. The largest absolute Gasteiger partial charge is 0.494 e. The molecular formula is C34H40F4O7. The van der Waals surface area contributed by atoms with Crippen LogP contribution in [-0.4, -0.2) is 69.0 Å². The maximum atomic E-state index is 16.0. The Morgan fingerprint density at radius 3 is 2.29 bits per heavy atom. The van der Waals surface area contributed by atoms with Crippen LogP contribution in [-0.2, 0) is 24.4 Å². The van der Waals surface area contributed by atoms with Gasteiger partial charge in [0.15, 0.2) is 6.10 Å². The molecule has 0 radical (unpaired) electrons. The quantitative estimate of drug-likeness (QED) is 0.103. The SMILES string of the molecule is CCOCCCCCC(OC(=O)c1ccccc1C1(C(=O)O)C=CC(c2ccc(OCCCCOC)cc2)=CC1F)C(F)(F)F. The molecule has 0 heterocycles. The number of rotatable bonds is 18. The van der Waals surface area contributed by atoms with E-state index >= 15 is 4.39 Å². The number of unbranched alkanes of at least 4 members (excludes halogenated alkanes) is 3. The number of allylic oxidation sites excluding steroid dienone is 3. The standard InChI is InChI=1S/C34H40F4O7/c1-3-43-21-8-4-5-13-30(34(36,37)38)45-31(39)27-11-6-7-12-28(27)33(32(40)41)19-18-25(23-29(33)35)24-14-16-26(17-15-24)44-22-10-9-20-42-2/h6-7,11-12,14-19,23,29-30H,3-5,8-10,13,20-22H2,1-2H3,(H,40,41). The molecule has 3 unspecified atom stereocenters. The molecule has 3 rings (SSSR count). The van der Waals surface area contributed by atoms with E-state index in [1.807, 2.05) is 6.92 Å². The zero-order chi connectivity index (χ0) is 32.9. The van der Waals surface area contributed by atoms with Crippen LogP contribution in [0, 0.1) is 0 Å². The van der Waals surface area contributed by atoms with E-state index in [1.54, 1.807) is 31.4 Å². The highest BCUT2D eigenvalue weighted by molar-refractivity contribution is 5.97. The summed E-state index contributed by atoms with van der Waals surface area (Å²) in [5, 5.41) is 10.3. The van der Waals surface area contributed by atoms with Crippen LogP contribution in [0.15, 0.2) is 66.8 Å². The molecule has 0 aliphatic heterocycles. The van der Waals surface area contributed by atoms with Crippen molar-refractivity contribution in [3.63, 3.8) is 0 Å². The minimum absolute atomic E-state index is 0.135. The molecule has 246 valence electrons. The lowest BCUT2D eigenvalue weighted by atomic mass is 9.71. The molecule has 2 aromatic rings. The molecule has 1 N–H and O–H groups in total. The van der Waals surface area contributed by atoms with Crippen LogP contribution in [0.4, 0.5) is 17.6 Å². The normalized spacial score (nSPS) is 18.7. The van der Waals surface area contributed by atoms with Crippen molar-refractivity contribution in [2.75, 3.05) is 33.5 Å². The van der Waals surface area contributed by atoms with Gasteiger partial charge in [0.05, 0.1) is 12.2 Å². The molecule has 3 atom stereocenters. The van der Waals surface area contributed by atoms with E-state index < -0.39 is 47.8 Å². The van der Waals surface area contributed by atoms with Crippen LogP contribution in [0.3, 0.4) is 0 Å². The first-order valence-corrected chi connectivity index (χ1v) is 15.0. The lowest BCUT2D eigenvalue weighted by molar-refractivity contribution is -0.206. The van der Waals surface area contributed by atoms with Crippen LogP contribution in [0.25, 0.3) is 5.57 Å². The van der Waals surface area contributed by atoms with E-state index in [9.17, 15) is 27.9 Å². The van der Waals surface area contributed by atoms with E-state index in [0.29, 0.717) is 56.2 Å². The molecule has 1 aliphatic rings. The van der Waals surface area contributed by atoms with Crippen LogP contribution >= 0.6 is 0 Å². The Morgan fingerprint density at radius 1 is 0.956 bits per heavy atom. The maximum absolute atomic E-state index is 16.0. The molecule has 2 aromatic carbocycles. The lowest BCUT2D eigenvalue weighted by Crippen LogP contribution is -2.45. The summed E-state index contributed by atoms with van der Waals surface area (Å²) >= 11 is 0. The second-order valence-corrected chi connectivity index (χ2v) is 10.6. The number of ether oxygens (including phenoxy) is 4. The van der Waals surface area contributed by atoms with E-state index in [1.165, 1.54) is 24.3 Å². The van der Waals surface area contributed by atoms with Gasteiger partial charge in [-0.25, -0.2) is 9.18 Å². The first-order chi connectivity index (χ1) is 21.5. The van der Waals surface area contributed by atoms with Gasteiger partial charge >= 0.3 is 18.1 Å². The van der Waals surface area contributed by atoms with E-state index in [0.717, 1.165) is 31.1 Å². The maximum Gasteiger partial charge on any atom is 0.425 e. The van der Waals surface area contributed by atoms with Gasteiger partial charge in [0.1, 0.15) is 17.3 Å². The Balaban J connectivity index is 1.79. The number of carbonyl (C=O) groups is 2. The molecule has 1 aliphatic carbocycles. The molecule has 0 spiro atoms. The molecule has 7 nitrogen and oxygen atoms in total. The highest BCUT2D eigenvalue weighted by Crippen LogP contribution is 2.41. The Morgan fingerprint density at radius 2 is 1.64 bits per heavy atom. The first-order valence-electron chi connectivity index (χ1n) is 15.0. The first kappa shape index (κ1) is 35.8. The third kappa shape index (κ3) is 9.64. The zero-order valence-corrected chi connectivity index (χ0v) is 25.5. The van der Waals surface area contributed by atoms with Crippen LogP contribution < -0.4 is 4.74 Å². The number of esters is 1. The van der Waals surface area contributed by atoms with Gasteiger partial charge in [-0.15, -0.1) is 0 Å². The van der Waals surface area contributed by atoms with Crippen molar-refractivity contribution in [2.24, 2.45) is 0 Å². The Bertz CT molecular complexity index is 1310.